The average Bonchev–Trinajstić information content (AvgIpc) is 2.27. The first-order chi connectivity index (χ1) is 8.25. The molecule has 0 aliphatic heterocycles. The van der Waals surface area contributed by atoms with Gasteiger partial charge < -0.3 is 11.1 Å². The van der Waals surface area contributed by atoms with Gasteiger partial charge >= 0.3 is 0 Å². The van der Waals surface area contributed by atoms with Crippen LogP contribution >= 0.6 is 58.0 Å². The largest absolute Gasteiger partial charge is 0.348 e. The second-order valence-corrected chi connectivity index (χ2v) is 6.52. The van der Waals surface area contributed by atoms with Gasteiger partial charge in [-0.15, -0.1) is 0 Å². The van der Waals surface area contributed by atoms with Crippen molar-refractivity contribution < 1.29 is 4.79 Å². The summed E-state index contributed by atoms with van der Waals surface area (Å²) in [5.74, 6) is -0.734. The minimum absolute atomic E-state index is 0.107. The predicted molar refractivity (Wildman–Crippen MR) is 76.5 cm³/mol. The van der Waals surface area contributed by atoms with Gasteiger partial charge in [-0.2, -0.15) is 0 Å². The van der Waals surface area contributed by atoms with Gasteiger partial charge in [0.15, 0.2) is 0 Å². The Hall–Kier alpha value is 0.1000. The second kappa shape index (κ2) is 6.51. The van der Waals surface area contributed by atoms with Gasteiger partial charge in [0.05, 0.1) is 0 Å². The first kappa shape index (κ1) is 16.2. The third-order valence-corrected chi connectivity index (χ3v) is 3.35. The van der Waals surface area contributed by atoms with Crippen LogP contribution in [0.2, 0.25) is 10.0 Å². The van der Waals surface area contributed by atoms with Gasteiger partial charge in [-0.05, 0) is 23.3 Å². The molecule has 3 nitrogen and oxygen atoms in total. The van der Waals surface area contributed by atoms with Gasteiger partial charge in [0.2, 0.25) is 0 Å². The molecule has 1 aromatic carbocycles. The number of amides is 1. The summed E-state index contributed by atoms with van der Waals surface area (Å²) in [5.41, 5.74) is 6.82. The molecule has 0 atom stereocenters. The van der Waals surface area contributed by atoms with Gasteiger partial charge in [-0.1, -0.05) is 58.0 Å². The number of hydrogen-bond donors (Lipinski definition) is 2. The SMILES string of the molecule is NCc1cc(Cl)c(CNC(=O)C(Cl)(Cl)Cl)cc1Cl. The van der Waals surface area contributed by atoms with E-state index in [-0.39, 0.29) is 13.1 Å². The lowest BCUT2D eigenvalue weighted by Crippen LogP contribution is -2.34. The third-order valence-electron chi connectivity index (χ3n) is 2.13. The summed E-state index contributed by atoms with van der Waals surface area (Å²) in [4.78, 5) is 11.4. The zero-order valence-corrected chi connectivity index (χ0v) is 12.7. The lowest BCUT2D eigenvalue weighted by atomic mass is 10.1. The maximum Gasteiger partial charge on any atom is 0.272 e. The maximum absolute atomic E-state index is 11.4. The molecule has 0 bridgehead atoms. The molecule has 0 saturated heterocycles. The lowest BCUT2D eigenvalue weighted by Gasteiger charge is -2.13. The molecule has 1 aromatic rings. The highest BCUT2D eigenvalue weighted by Gasteiger charge is 2.30. The third kappa shape index (κ3) is 4.34. The Kier molecular flexibility index (Phi) is 5.84. The van der Waals surface area contributed by atoms with E-state index in [1.807, 2.05) is 0 Å². The summed E-state index contributed by atoms with van der Waals surface area (Å²) in [6, 6.07) is 3.26. The zero-order chi connectivity index (χ0) is 13.9. The van der Waals surface area contributed by atoms with E-state index in [9.17, 15) is 4.79 Å². The van der Waals surface area contributed by atoms with Crippen molar-refractivity contribution >= 4 is 63.9 Å². The van der Waals surface area contributed by atoms with Crippen molar-refractivity contribution in [3.05, 3.63) is 33.3 Å². The molecule has 3 N–H and O–H groups in total. The van der Waals surface area contributed by atoms with E-state index in [0.29, 0.717) is 15.6 Å². The molecule has 0 saturated carbocycles. The molecule has 0 aliphatic carbocycles. The van der Waals surface area contributed by atoms with Crippen LogP contribution in [-0.4, -0.2) is 9.70 Å². The fourth-order valence-electron chi connectivity index (χ4n) is 1.20. The Balaban J connectivity index is 2.81. The molecule has 1 rings (SSSR count). The molecule has 0 fully saturated rings. The standard InChI is InChI=1S/C10H9Cl5N2O/c11-7-2-6(8(12)1-5(7)3-16)4-17-9(18)10(13,14)15/h1-2H,3-4,16H2,(H,17,18). The average molecular weight is 350 g/mol. The number of rotatable bonds is 3. The van der Waals surface area contributed by atoms with E-state index in [0.717, 1.165) is 5.56 Å². The lowest BCUT2D eigenvalue weighted by molar-refractivity contribution is -0.120. The molecule has 8 heteroatoms. The van der Waals surface area contributed by atoms with Crippen LogP contribution in [0.1, 0.15) is 11.1 Å². The van der Waals surface area contributed by atoms with E-state index in [4.69, 9.17) is 63.7 Å². The topological polar surface area (TPSA) is 55.1 Å². The fraction of sp³-hybridized carbons (Fsp3) is 0.300. The van der Waals surface area contributed by atoms with Crippen LogP contribution in [0.25, 0.3) is 0 Å². The molecule has 18 heavy (non-hydrogen) atoms. The Morgan fingerprint density at radius 1 is 1.17 bits per heavy atom. The summed E-state index contributed by atoms with van der Waals surface area (Å²) in [7, 11) is 0. The van der Waals surface area contributed by atoms with E-state index >= 15 is 0 Å². The molecular weight excluding hydrogens is 341 g/mol. The van der Waals surface area contributed by atoms with Crippen molar-refractivity contribution in [2.45, 2.75) is 16.9 Å². The first-order valence-corrected chi connectivity index (χ1v) is 6.66. The number of nitrogens with one attached hydrogen (secondary N) is 1. The van der Waals surface area contributed by atoms with Crippen LogP contribution in [0, 0.1) is 0 Å². The number of alkyl halides is 3. The van der Waals surface area contributed by atoms with Crippen LogP contribution in [0.3, 0.4) is 0 Å². The van der Waals surface area contributed by atoms with Crippen molar-refractivity contribution in [2.75, 3.05) is 0 Å². The van der Waals surface area contributed by atoms with Crippen molar-refractivity contribution in [1.82, 2.24) is 5.32 Å². The smallest absolute Gasteiger partial charge is 0.272 e. The number of benzene rings is 1. The van der Waals surface area contributed by atoms with Gasteiger partial charge in [0, 0.05) is 23.1 Å². The van der Waals surface area contributed by atoms with Gasteiger partial charge in [-0.3, -0.25) is 4.79 Å². The molecule has 0 radical (unpaired) electrons. The van der Waals surface area contributed by atoms with Crippen LogP contribution < -0.4 is 11.1 Å². The van der Waals surface area contributed by atoms with Crippen LogP contribution in [-0.2, 0) is 17.9 Å². The minimum Gasteiger partial charge on any atom is -0.348 e. The quantitative estimate of drug-likeness (QED) is 0.821. The molecule has 0 spiro atoms. The highest BCUT2D eigenvalue weighted by Crippen LogP contribution is 2.27. The second-order valence-electron chi connectivity index (χ2n) is 3.42. The normalized spacial score (nSPS) is 11.4. The van der Waals surface area contributed by atoms with Crippen LogP contribution in [0.4, 0.5) is 0 Å². The van der Waals surface area contributed by atoms with E-state index in [2.05, 4.69) is 5.32 Å². The molecule has 0 heterocycles. The van der Waals surface area contributed by atoms with E-state index in [1.54, 1.807) is 12.1 Å². The fourth-order valence-corrected chi connectivity index (χ4v) is 1.91. The Bertz CT molecular complexity index is 458. The predicted octanol–water partition coefficient (Wildman–Crippen LogP) is 3.44. The Morgan fingerprint density at radius 2 is 1.67 bits per heavy atom. The Morgan fingerprint density at radius 3 is 2.17 bits per heavy atom. The molecule has 1 amide bonds. The number of carbonyl (C=O) groups excluding carboxylic acids is 1. The summed E-state index contributed by atoms with van der Waals surface area (Å²) >= 11 is 28.2. The van der Waals surface area contributed by atoms with E-state index in [1.165, 1.54) is 0 Å². The summed E-state index contributed by atoms with van der Waals surface area (Å²) in [5, 5.41) is 3.34. The highest BCUT2D eigenvalue weighted by molar-refractivity contribution is 6.76. The summed E-state index contributed by atoms with van der Waals surface area (Å²) in [6.45, 7) is 0.384. The number of nitrogens with two attached hydrogens (primary N) is 1. The van der Waals surface area contributed by atoms with Gasteiger partial charge in [0.1, 0.15) is 0 Å². The molecule has 0 aromatic heterocycles. The number of carbonyl (C=O) groups is 1. The van der Waals surface area contributed by atoms with Gasteiger partial charge in [-0.25, -0.2) is 0 Å². The van der Waals surface area contributed by atoms with Crippen LogP contribution in [0.5, 0.6) is 0 Å². The molecule has 0 aliphatic rings. The Labute approximate surface area is 129 Å². The summed E-state index contributed by atoms with van der Waals surface area (Å²) < 4.78 is -2.01. The van der Waals surface area contributed by atoms with Crippen LogP contribution in [0.15, 0.2) is 12.1 Å². The van der Waals surface area contributed by atoms with Crippen molar-refractivity contribution in [2.24, 2.45) is 5.73 Å². The van der Waals surface area contributed by atoms with E-state index < -0.39 is 9.70 Å². The highest BCUT2D eigenvalue weighted by atomic mass is 35.6. The number of hydrogen-bond acceptors (Lipinski definition) is 2. The zero-order valence-electron chi connectivity index (χ0n) is 8.94. The first-order valence-electron chi connectivity index (χ1n) is 4.77. The van der Waals surface area contributed by atoms with Gasteiger partial charge in [0.25, 0.3) is 9.70 Å². The monoisotopic (exact) mass is 348 g/mol. The van der Waals surface area contributed by atoms with Crippen molar-refractivity contribution in [3.8, 4) is 0 Å². The van der Waals surface area contributed by atoms with Crippen molar-refractivity contribution in [3.63, 3.8) is 0 Å². The molecule has 100 valence electrons. The number of halogens is 5. The molecule has 0 unspecified atom stereocenters. The van der Waals surface area contributed by atoms with Crippen molar-refractivity contribution in [1.29, 1.82) is 0 Å². The molecular formula is C10H9Cl5N2O. The summed E-state index contributed by atoms with van der Waals surface area (Å²) in [6.07, 6.45) is 0. The maximum atomic E-state index is 11.4. The minimum atomic E-state index is -2.01.